The van der Waals surface area contributed by atoms with E-state index >= 15 is 0 Å². The van der Waals surface area contributed by atoms with Crippen molar-refractivity contribution >= 4 is 105 Å². The molecule has 14 rings (SSSR count). The van der Waals surface area contributed by atoms with Crippen molar-refractivity contribution in [1.29, 1.82) is 0 Å². The third kappa shape index (κ3) is 5.67. The molecule has 6 heteroatoms. The summed E-state index contributed by atoms with van der Waals surface area (Å²) in [6.07, 6.45) is 12.9. The Balaban J connectivity index is 1.12. The first-order valence-electron chi connectivity index (χ1n) is 23.2. The first-order valence-corrected chi connectivity index (χ1v) is 23.2. The fourth-order valence-corrected chi connectivity index (χ4v) is 10.9. The maximum absolute atomic E-state index is 6.54. The molecule has 9 aromatic carbocycles. The van der Waals surface area contributed by atoms with Crippen molar-refractivity contribution in [1.82, 2.24) is 19.5 Å². The summed E-state index contributed by atoms with van der Waals surface area (Å²) in [5.41, 5.74) is 13.9. The molecule has 0 spiro atoms. The van der Waals surface area contributed by atoms with E-state index in [0.717, 1.165) is 133 Å². The van der Waals surface area contributed by atoms with Crippen LogP contribution >= 0.6 is 0 Å². The molecule has 4 aromatic heterocycles. The molecule has 0 bridgehead atoms. The van der Waals surface area contributed by atoms with Crippen LogP contribution in [0.25, 0.3) is 145 Å². The van der Waals surface area contributed by atoms with E-state index in [9.17, 15) is 0 Å². The lowest BCUT2D eigenvalue weighted by Gasteiger charge is -2.15. The predicted molar refractivity (Wildman–Crippen MR) is 282 cm³/mol. The van der Waals surface area contributed by atoms with E-state index in [0.29, 0.717) is 17.6 Å². The number of furan rings is 2. The number of hydrogen-bond acceptors (Lipinski definition) is 5. The van der Waals surface area contributed by atoms with Crippen molar-refractivity contribution in [3.05, 3.63) is 199 Å². The zero-order valence-electron chi connectivity index (χ0n) is 37.1. The largest absolute Gasteiger partial charge is 0.456 e. The van der Waals surface area contributed by atoms with Gasteiger partial charge < -0.3 is 8.83 Å². The number of rotatable bonds is 6. The summed E-state index contributed by atoms with van der Waals surface area (Å²) in [7, 11) is 0. The molecule has 320 valence electrons. The zero-order chi connectivity index (χ0) is 45.0. The average Bonchev–Trinajstić information content (AvgIpc) is 4.08. The Morgan fingerprint density at radius 2 is 1.24 bits per heavy atom. The van der Waals surface area contributed by atoms with Gasteiger partial charge >= 0.3 is 0 Å². The van der Waals surface area contributed by atoms with E-state index in [2.05, 4.69) is 182 Å². The van der Waals surface area contributed by atoms with Crippen LogP contribution in [0, 0.1) is 0 Å². The number of fused-ring (bicyclic) bond motifs is 14. The summed E-state index contributed by atoms with van der Waals surface area (Å²) in [6.45, 7) is 6.52. The Morgan fingerprint density at radius 3 is 2.10 bits per heavy atom. The minimum Gasteiger partial charge on any atom is -0.456 e. The van der Waals surface area contributed by atoms with E-state index in [1.165, 1.54) is 11.1 Å². The fraction of sp³-hybridized carbons (Fsp3) is 0.0484. The van der Waals surface area contributed by atoms with E-state index in [1.807, 2.05) is 24.3 Å². The van der Waals surface area contributed by atoms with E-state index in [-0.39, 0.29) is 0 Å². The number of para-hydroxylation sites is 2. The van der Waals surface area contributed by atoms with Gasteiger partial charge in [-0.1, -0.05) is 152 Å². The monoisotopic (exact) mass is 872 g/mol. The van der Waals surface area contributed by atoms with Crippen molar-refractivity contribution in [2.75, 3.05) is 0 Å². The van der Waals surface area contributed by atoms with Crippen LogP contribution in [-0.4, -0.2) is 19.5 Å². The lowest BCUT2D eigenvalue weighted by Crippen LogP contribution is -2.07. The highest BCUT2D eigenvalue weighted by Gasteiger charge is 2.26. The predicted octanol–water partition coefficient (Wildman–Crippen LogP) is 16.7. The third-order valence-corrected chi connectivity index (χ3v) is 14.0. The highest BCUT2D eigenvalue weighted by molar-refractivity contribution is 6.26. The van der Waals surface area contributed by atoms with E-state index < -0.39 is 0 Å². The molecule has 1 aliphatic carbocycles. The van der Waals surface area contributed by atoms with Crippen molar-refractivity contribution in [2.24, 2.45) is 0 Å². The Bertz CT molecular complexity index is 4370. The van der Waals surface area contributed by atoms with Gasteiger partial charge in [0.15, 0.2) is 11.6 Å². The first-order chi connectivity index (χ1) is 33.6. The standard InChI is InChI=1S/C62H40N4O2/c1-3-14-45-42(4-2)57-50-23-13-22-44(39-29-31-53-51(34-39)56-43-18-8-7-16-37(43)28-32-54(56)67-53)58(50)66(59(57)49-21-10-9-19-46(45)49)62-64-60(40-26-25-36-15-5-6-17-38(36)33-40)63-61(65-62)41-27-30-48-47-20-11-12-24-52(47)68-55(48)35-41/h3-6,8-15,17-35H,2,7,16H2,1H3/b14-3-. The first kappa shape index (κ1) is 38.4. The Morgan fingerprint density at radius 1 is 0.529 bits per heavy atom. The smallest absolute Gasteiger partial charge is 0.238 e. The summed E-state index contributed by atoms with van der Waals surface area (Å²) < 4.78 is 15.3. The lowest BCUT2D eigenvalue weighted by atomic mass is 9.92. The van der Waals surface area contributed by atoms with Gasteiger partial charge in [0.1, 0.15) is 22.3 Å². The van der Waals surface area contributed by atoms with Crippen molar-refractivity contribution in [3.8, 4) is 39.9 Å². The van der Waals surface area contributed by atoms with E-state index in [4.69, 9.17) is 23.8 Å². The summed E-state index contributed by atoms with van der Waals surface area (Å²) in [6, 6.07) is 55.5. The van der Waals surface area contributed by atoms with Crippen LogP contribution < -0.4 is 0 Å². The number of aromatic nitrogens is 4. The molecule has 0 atom stereocenters. The molecule has 0 fully saturated rings. The van der Waals surface area contributed by atoms with Crippen molar-refractivity contribution in [2.45, 2.75) is 19.8 Å². The van der Waals surface area contributed by atoms with Gasteiger partial charge in [0, 0.05) is 54.4 Å². The van der Waals surface area contributed by atoms with Gasteiger partial charge in [0.2, 0.25) is 5.95 Å². The topological polar surface area (TPSA) is 69.9 Å². The minimum atomic E-state index is 0.503. The number of benzene rings is 9. The number of allylic oxidation sites excluding steroid dienone is 2. The number of aryl methyl sites for hydroxylation is 1. The molecule has 68 heavy (non-hydrogen) atoms. The lowest BCUT2D eigenvalue weighted by molar-refractivity contribution is 0.668. The van der Waals surface area contributed by atoms with Crippen LogP contribution in [0.4, 0.5) is 0 Å². The van der Waals surface area contributed by atoms with Crippen molar-refractivity contribution in [3.63, 3.8) is 0 Å². The SMILES string of the molecule is C=Cc1c(/C=C\C)c2ccccc2c2c1c1cccc(-c3ccc4oc5ccc6c(c5c4c3)C=CCC6)c1n2-c1nc(-c2ccc3ccccc3c2)nc(-c2ccc3c(c2)oc2ccccc23)n1. The van der Waals surface area contributed by atoms with Crippen LogP contribution in [0.2, 0.25) is 0 Å². The van der Waals surface area contributed by atoms with Gasteiger partial charge in [-0.15, -0.1) is 0 Å². The maximum Gasteiger partial charge on any atom is 0.238 e. The molecule has 0 unspecified atom stereocenters. The van der Waals surface area contributed by atoms with Crippen LogP contribution in [0.15, 0.2) is 185 Å². The van der Waals surface area contributed by atoms with Gasteiger partial charge in [0.25, 0.3) is 0 Å². The second kappa shape index (κ2) is 14.8. The highest BCUT2D eigenvalue weighted by Crippen LogP contribution is 2.46. The Hall–Kier alpha value is -8.87. The Kier molecular flexibility index (Phi) is 8.37. The molecule has 6 nitrogen and oxygen atoms in total. The normalized spacial score (nSPS) is 12.9. The van der Waals surface area contributed by atoms with E-state index in [1.54, 1.807) is 0 Å². The number of nitrogens with zero attached hydrogens (tertiary/aromatic N) is 4. The molecule has 0 N–H and O–H groups in total. The van der Waals surface area contributed by atoms with Gasteiger partial charge in [-0.3, -0.25) is 4.57 Å². The van der Waals surface area contributed by atoms with Gasteiger partial charge in [-0.2, -0.15) is 9.97 Å². The van der Waals surface area contributed by atoms with Crippen LogP contribution in [0.5, 0.6) is 0 Å². The molecule has 13 aromatic rings. The second-order valence-corrected chi connectivity index (χ2v) is 17.8. The van der Waals surface area contributed by atoms with Crippen LogP contribution in [0.3, 0.4) is 0 Å². The molecule has 4 heterocycles. The van der Waals surface area contributed by atoms with Gasteiger partial charge in [-0.05, 0) is 106 Å². The molecular weight excluding hydrogens is 833 g/mol. The fourth-order valence-electron chi connectivity index (χ4n) is 10.9. The summed E-state index contributed by atoms with van der Waals surface area (Å²) in [5, 5.41) is 11.0. The van der Waals surface area contributed by atoms with Crippen LogP contribution in [0.1, 0.15) is 35.6 Å². The molecule has 0 radical (unpaired) electrons. The minimum absolute atomic E-state index is 0.503. The molecule has 0 saturated carbocycles. The second-order valence-electron chi connectivity index (χ2n) is 17.8. The maximum atomic E-state index is 6.54. The summed E-state index contributed by atoms with van der Waals surface area (Å²) >= 11 is 0. The molecular formula is C62H40N4O2. The molecule has 0 saturated heterocycles. The third-order valence-electron chi connectivity index (χ3n) is 14.0. The van der Waals surface area contributed by atoms with Crippen LogP contribution in [-0.2, 0) is 6.42 Å². The number of hydrogen-bond donors (Lipinski definition) is 0. The molecule has 0 amide bonds. The summed E-state index contributed by atoms with van der Waals surface area (Å²) in [5.74, 6) is 1.61. The average molecular weight is 873 g/mol. The Labute approximate surface area is 390 Å². The zero-order valence-corrected chi connectivity index (χ0v) is 37.1. The molecule has 1 aliphatic rings. The summed E-state index contributed by atoms with van der Waals surface area (Å²) in [4.78, 5) is 16.3. The van der Waals surface area contributed by atoms with Gasteiger partial charge in [0.05, 0.1) is 11.0 Å². The van der Waals surface area contributed by atoms with Gasteiger partial charge in [-0.25, -0.2) is 4.98 Å². The highest BCUT2D eigenvalue weighted by atomic mass is 16.3. The quantitative estimate of drug-likeness (QED) is 0.166. The molecule has 0 aliphatic heterocycles. The van der Waals surface area contributed by atoms with Crippen molar-refractivity contribution < 1.29 is 8.83 Å².